The van der Waals surface area contributed by atoms with E-state index in [1.54, 1.807) is 30.5 Å². The van der Waals surface area contributed by atoms with Crippen molar-refractivity contribution < 1.29 is 56.5 Å². The number of primary amides is 1. The first kappa shape index (κ1) is 37.2. The number of furan rings is 1. The third-order valence-corrected chi connectivity index (χ3v) is 7.07. The van der Waals surface area contributed by atoms with E-state index in [9.17, 15) is 22.6 Å². The van der Waals surface area contributed by atoms with Gasteiger partial charge in [0.05, 0.1) is 28.1 Å². The van der Waals surface area contributed by atoms with E-state index in [2.05, 4.69) is 5.32 Å². The van der Waals surface area contributed by atoms with Crippen LogP contribution in [0.3, 0.4) is 0 Å². The molecule has 5 rings (SSSR count). The van der Waals surface area contributed by atoms with Gasteiger partial charge in [-0.25, -0.2) is 8.42 Å². The van der Waals surface area contributed by atoms with E-state index >= 15 is 0 Å². The topological polar surface area (TPSA) is 143 Å². The molecule has 1 aromatic heterocycles. The van der Waals surface area contributed by atoms with Crippen LogP contribution in [0, 0.1) is 0 Å². The summed E-state index contributed by atoms with van der Waals surface area (Å²) in [6, 6.07) is 36.0. The van der Waals surface area contributed by atoms with Gasteiger partial charge < -0.3 is 20.0 Å². The molecule has 5 aromatic rings. The molecule has 0 aliphatic rings. The summed E-state index contributed by atoms with van der Waals surface area (Å²) in [6.07, 6.45) is 5.97. The minimum atomic E-state index is -4.38. The number of nitrogens with two attached hydrogens (primary N) is 1. The van der Waals surface area contributed by atoms with Crippen LogP contribution in [0.15, 0.2) is 132 Å². The van der Waals surface area contributed by atoms with Gasteiger partial charge in [0.25, 0.3) is 5.91 Å². The molecule has 0 fully saturated rings. The van der Waals surface area contributed by atoms with Gasteiger partial charge in [0.2, 0.25) is 5.91 Å². The van der Waals surface area contributed by atoms with E-state index < -0.39 is 33.6 Å². The van der Waals surface area contributed by atoms with Crippen molar-refractivity contribution in [1.29, 1.82) is 0 Å². The van der Waals surface area contributed by atoms with E-state index in [0.29, 0.717) is 12.0 Å². The Hall–Kier alpha value is -3.99. The van der Waals surface area contributed by atoms with Crippen LogP contribution in [0.4, 0.5) is 0 Å². The molecule has 4 aromatic carbocycles. The van der Waals surface area contributed by atoms with E-state index in [1.807, 2.05) is 110 Å². The largest absolute Gasteiger partial charge is 1.00 e. The Labute approximate surface area is 286 Å². The molecule has 1 atom stereocenters. The van der Waals surface area contributed by atoms with Crippen molar-refractivity contribution in [2.75, 3.05) is 12.3 Å². The van der Waals surface area contributed by atoms with Gasteiger partial charge in [-0.15, -0.1) is 0 Å². The summed E-state index contributed by atoms with van der Waals surface area (Å²) in [5, 5.41) is 3.54. The number of fused-ring (bicyclic) bond motifs is 1. The molecule has 228 valence electrons. The normalized spacial score (nSPS) is 11.2. The van der Waals surface area contributed by atoms with Crippen molar-refractivity contribution in [3.05, 3.63) is 150 Å². The average Bonchev–Trinajstić information content (AvgIpc) is 3.51. The molecule has 0 saturated heterocycles. The van der Waals surface area contributed by atoms with Crippen LogP contribution in [0.25, 0.3) is 17.0 Å². The van der Waals surface area contributed by atoms with Crippen molar-refractivity contribution in [2.24, 2.45) is 5.73 Å². The standard InChI is InChI=1S/C21H24N2O5S.C8H6O.C6H6.Na/c1-2-3-15-4-8-17(9-5-15)19(20(22)24)14-16-6-10-18(11-7-16)21(25)23-12-13-29(26,27)28;1-2-4-8-7(3-1)5-6-9-8;1-2-4-6-5-3-1;/h2-11,19H,12-14H2,1H3,(H2,22,24)(H,23,25)(H,26,27,28);1-6H;1-6H;/q;;;+1/p-1/b3-2+;;;. The van der Waals surface area contributed by atoms with Gasteiger partial charge in [0.15, 0.2) is 0 Å². The number of benzene rings is 4. The summed E-state index contributed by atoms with van der Waals surface area (Å²) < 4.78 is 36.8. The van der Waals surface area contributed by atoms with Crippen molar-refractivity contribution in [2.45, 2.75) is 19.3 Å². The molecule has 0 bridgehead atoms. The smallest absolute Gasteiger partial charge is 0.748 e. The number of rotatable bonds is 9. The van der Waals surface area contributed by atoms with Crippen LogP contribution in [0.1, 0.15) is 39.9 Å². The number of hydrogen-bond donors (Lipinski definition) is 2. The summed E-state index contributed by atoms with van der Waals surface area (Å²) in [5.41, 5.74) is 9.53. The first-order chi connectivity index (χ1) is 21.2. The number of para-hydroxylation sites is 1. The molecule has 0 aliphatic heterocycles. The predicted octanol–water partition coefficient (Wildman–Crippen LogP) is 2.93. The Morgan fingerprint density at radius 1 is 0.867 bits per heavy atom. The molecule has 8 nitrogen and oxygen atoms in total. The molecule has 0 saturated carbocycles. The van der Waals surface area contributed by atoms with Gasteiger partial charge in [-0.2, -0.15) is 0 Å². The van der Waals surface area contributed by atoms with Gasteiger partial charge >= 0.3 is 29.6 Å². The fourth-order valence-electron chi connectivity index (χ4n) is 4.13. The number of allylic oxidation sites excluding steroid dienone is 1. The van der Waals surface area contributed by atoms with Crippen molar-refractivity contribution in [1.82, 2.24) is 5.32 Å². The van der Waals surface area contributed by atoms with E-state index in [0.717, 1.165) is 27.7 Å². The molecule has 2 amide bonds. The van der Waals surface area contributed by atoms with Gasteiger partial charge in [-0.1, -0.05) is 103 Å². The van der Waals surface area contributed by atoms with E-state index in [4.69, 9.17) is 10.2 Å². The fourth-order valence-corrected chi connectivity index (χ4v) is 4.48. The van der Waals surface area contributed by atoms with Crippen LogP contribution in [-0.4, -0.2) is 37.1 Å². The summed E-state index contributed by atoms with van der Waals surface area (Å²) in [5.74, 6) is -2.09. The zero-order chi connectivity index (χ0) is 31.8. The minimum Gasteiger partial charge on any atom is -0.748 e. The Balaban J connectivity index is 0.000000354. The maximum atomic E-state index is 12.0. The van der Waals surface area contributed by atoms with Gasteiger partial charge in [-0.05, 0) is 54.3 Å². The number of carbonyl (C=O) groups excluding carboxylic acids is 2. The maximum absolute atomic E-state index is 12.0. The zero-order valence-electron chi connectivity index (χ0n) is 25.3. The molecular formula is C35H35N2NaO6S. The average molecular weight is 635 g/mol. The quantitative estimate of drug-likeness (QED) is 0.189. The maximum Gasteiger partial charge on any atom is 1.00 e. The van der Waals surface area contributed by atoms with Crippen LogP contribution in [-0.2, 0) is 21.3 Å². The van der Waals surface area contributed by atoms with Crippen molar-refractivity contribution >= 4 is 39.0 Å². The van der Waals surface area contributed by atoms with Gasteiger partial charge in [-0.3, -0.25) is 9.59 Å². The monoisotopic (exact) mass is 634 g/mol. The predicted molar refractivity (Wildman–Crippen MR) is 173 cm³/mol. The summed E-state index contributed by atoms with van der Waals surface area (Å²) in [7, 11) is -4.38. The number of hydrogen-bond acceptors (Lipinski definition) is 6. The molecule has 0 radical (unpaired) electrons. The molecule has 45 heavy (non-hydrogen) atoms. The Morgan fingerprint density at radius 2 is 1.47 bits per heavy atom. The second-order valence-electron chi connectivity index (χ2n) is 9.65. The van der Waals surface area contributed by atoms with E-state index in [1.165, 1.54) is 0 Å². The zero-order valence-corrected chi connectivity index (χ0v) is 28.2. The van der Waals surface area contributed by atoms with Crippen molar-refractivity contribution in [3.63, 3.8) is 0 Å². The first-order valence-electron chi connectivity index (χ1n) is 13.9. The Kier molecular flexibility index (Phi) is 16.0. The minimum absolute atomic E-state index is 0. The number of nitrogens with one attached hydrogen (secondary N) is 1. The number of carbonyl (C=O) groups is 2. The third-order valence-electron chi connectivity index (χ3n) is 6.36. The Morgan fingerprint density at radius 3 is 2.00 bits per heavy atom. The SMILES string of the molecule is C/C=C/c1ccc(C(Cc2ccc(C(=O)NCCS(=O)(=O)[O-])cc2)C(N)=O)cc1.[Na+].c1ccc2occc2c1.c1ccccc1. The molecule has 10 heteroatoms. The first-order valence-corrected chi connectivity index (χ1v) is 15.5. The van der Waals surface area contributed by atoms with Gasteiger partial charge in [0.1, 0.15) is 5.58 Å². The summed E-state index contributed by atoms with van der Waals surface area (Å²) >= 11 is 0. The second-order valence-corrected chi connectivity index (χ2v) is 11.2. The molecule has 1 unspecified atom stereocenters. The molecule has 0 spiro atoms. The van der Waals surface area contributed by atoms with Crippen LogP contribution in [0.5, 0.6) is 0 Å². The molecule has 1 heterocycles. The summed E-state index contributed by atoms with van der Waals surface area (Å²) in [6.45, 7) is 1.68. The van der Waals surface area contributed by atoms with Crippen LogP contribution >= 0.6 is 0 Å². The second kappa shape index (κ2) is 19.4. The Bertz CT molecular complexity index is 1680. The molecule has 0 aliphatic carbocycles. The fraction of sp³-hybridized carbons (Fsp3) is 0.143. The molecule has 3 N–H and O–H groups in total. The van der Waals surface area contributed by atoms with Crippen molar-refractivity contribution in [3.8, 4) is 0 Å². The third kappa shape index (κ3) is 13.7. The number of amides is 2. The van der Waals surface area contributed by atoms with Crippen LogP contribution in [0.2, 0.25) is 0 Å². The molecular weight excluding hydrogens is 599 g/mol. The summed E-state index contributed by atoms with van der Waals surface area (Å²) in [4.78, 5) is 24.0. The van der Waals surface area contributed by atoms with Gasteiger partial charge in [0, 0.05) is 17.5 Å². The van der Waals surface area contributed by atoms with Crippen LogP contribution < -0.4 is 40.6 Å². The van der Waals surface area contributed by atoms with E-state index in [-0.39, 0.29) is 36.1 Å².